The highest BCUT2D eigenvalue weighted by Gasteiger charge is 2.03. The Morgan fingerprint density at radius 2 is 1.94 bits per heavy atom. The second-order valence-corrected chi connectivity index (χ2v) is 4.29. The zero-order chi connectivity index (χ0) is 13.0. The molecule has 0 aliphatic heterocycles. The molecule has 0 fully saturated rings. The molecular weight excluding hydrogens is 253 g/mol. The molecule has 2 aromatic carbocycles. The minimum Gasteiger partial charge on any atom is -0.487 e. The second kappa shape index (κ2) is 5.85. The first-order valence-electron chi connectivity index (χ1n) is 5.55. The van der Waals surface area contributed by atoms with Crippen molar-refractivity contribution >= 4 is 11.6 Å². The van der Waals surface area contributed by atoms with E-state index in [2.05, 4.69) is 0 Å². The van der Waals surface area contributed by atoms with Crippen molar-refractivity contribution < 1.29 is 9.13 Å². The van der Waals surface area contributed by atoms with Crippen LogP contribution < -0.4 is 10.5 Å². The number of nitrogens with two attached hydrogens (primary N) is 1. The van der Waals surface area contributed by atoms with Gasteiger partial charge in [0, 0.05) is 6.54 Å². The first kappa shape index (κ1) is 12.9. The number of ether oxygens (including phenoxy) is 1. The van der Waals surface area contributed by atoms with E-state index in [4.69, 9.17) is 22.1 Å². The van der Waals surface area contributed by atoms with Gasteiger partial charge in [-0.15, -0.1) is 0 Å². The quantitative estimate of drug-likeness (QED) is 0.918. The van der Waals surface area contributed by atoms with Crippen LogP contribution in [0.5, 0.6) is 5.75 Å². The highest BCUT2D eigenvalue weighted by atomic mass is 35.5. The van der Waals surface area contributed by atoms with Crippen molar-refractivity contribution in [1.29, 1.82) is 0 Å². The van der Waals surface area contributed by atoms with Crippen molar-refractivity contribution in [1.82, 2.24) is 0 Å². The molecule has 0 heterocycles. The van der Waals surface area contributed by atoms with Crippen LogP contribution in [0, 0.1) is 5.82 Å². The number of benzene rings is 2. The first-order chi connectivity index (χ1) is 8.69. The molecule has 0 spiro atoms. The molecule has 0 saturated carbocycles. The summed E-state index contributed by atoms with van der Waals surface area (Å²) in [5.74, 6) is 0.291. The van der Waals surface area contributed by atoms with E-state index in [0.29, 0.717) is 17.3 Å². The predicted octanol–water partition coefficient (Wildman–Crippen LogP) is 3.52. The van der Waals surface area contributed by atoms with Crippen molar-refractivity contribution in [3.8, 4) is 5.75 Å². The SMILES string of the molecule is NCc1ccc(OCc2cccc(F)c2)c(Cl)c1. The molecule has 0 saturated heterocycles. The summed E-state index contributed by atoms with van der Waals surface area (Å²) >= 11 is 6.05. The zero-order valence-corrected chi connectivity index (χ0v) is 10.5. The lowest BCUT2D eigenvalue weighted by Gasteiger charge is -2.09. The normalized spacial score (nSPS) is 10.4. The Morgan fingerprint density at radius 1 is 1.11 bits per heavy atom. The first-order valence-corrected chi connectivity index (χ1v) is 5.92. The Bertz CT molecular complexity index is 545. The molecule has 0 amide bonds. The van der Waals surface area contributed by atoms with Crippen LogP contribution in [0.25, 0.3) is 0 Å². The fourth-order valence-corrected chi connectivity index (χ4v) is 1.83. The van der Waals surface area contributed by atoms with Gasteiger partial charge in [0.2, 0.25) is 0 Å². The highest BCUT2D eigenvalue weighted by molar-refractivity contribution is 6.32. The molecule has 0 aliphatic rings. The molecule has 0 bridgehead atoms. The van der Waals surface area contributed by atoms with Crippen LogP contribution in [0.2, 0.25) is 5.02 Å². The van der Waals surface area contributed by atoms with Crippen LogP contribution in [0.3, 0.4) is 0 Å². The summed E-state index contributed by atoms with van der Waals surface area (Å²) in [4.78, 5) is 0. The highest BCUT2D eigenvalue weighted by Crippen LogP contribution is 2.26. The summed E-state index contributed by atoms with van der Waals surface area (Å²) < 4.78 is 18.5. The van der Waals surface area contributed by atoms with Gasteiger partial charge >= 0.3 is 0 Å². The fourth-order valence-electron chi connectivity index (χ4n) is 1.58. The molecule has 2 nitrogen and oxygen atoms in total. The van der Waals surface area contributed by atoms with E-state index in [1.54, 1.807) is 24.3 Å². The van der Waals surface area contributed by atoms with Gasteiger partial charge in [-0.2, -0.15) is 0 Å². The lowest BCUT2D eigenvalue weighted by atomic mass is 10.2. The largest absolute Gasteiger partial charge is 0.487 e. The van der Waals surface area contributed by atoms with Gasteiger partial charge < -0.3 is 10.5 Å². The van der Waals surface area contributed by atoms with Crippen LogP contribution in [-0.4, -0.2) is 0 Å². The lowest BCUT2D eigenvalue weighted by Crippen LogP contribution is -1.99. The molecule has 2 rings (SSSR count). The van der Waals surface area contributed by atoms with Crippen LogP contribution in [0.15, 0.2) is 42.5 Å². The van der Waals surface area contributed by atoms with Crippen LogP contribution in [0.1, 0.15) is 11.1 Å². The van der Waals surface area contributed by atoms with Gasteiger partial charge in [0.25, 0.3) is 0 Å². The molecule has 0 radical (unpaired) electrons. The summed E-state index contributed by atoms with van der Waals surface area (Å²) in [6.45, 7) is 0.712. The second-order valence-electron chi connectivity index (χ2n) is 3.89. The van der Waals surface area contributed by atoms with Gasteiger partial charge in [0.05, 0.1) is 5.02 Å². The summed E-state index contributed by atoms with van der Waals surface area (Å²) in [6, 6.07) is 11.7. The van der Waals surface area contributed by atoms with Gasteiger partial charge in [0.1, 0.15) is 18.2 Å². The van der Waals surface area contributed by atoms with E-state index in [9.17, 15) is 4.39 Å². The average molecular weight is 266 g/mol. The maximum absolute atomic E-state index is 13.0. The lowest BCUT2D eigenvalue weighted by molar-refractivity contribution is 0.305. The van der Waals surface area contributed by atoms with E-state index < -0.39 is 0 Å². The third-order valence-corrected chi connectivity index (χ3v) is 2.81. The molecule has 2 N–H and O–H groups in total. The third-order valence-electron chi connectivity index (χ3n) is 2.52. The Labute approximate surface area is 110 Å². The van der Waals surface area contributed by atoms with Crippen molar-refractivity contribution in [3.63, 3.8) is 0 Å². The van der Waals surface area contributed by atoms with Crippen molar-refractivity contribution in [3.05, 3.63) is 64.4 Å². The van der Waals surface area contributed by atoms with Crippen LogP contribution >= 0.6 is 11.6 Å². The summed E-state index contributed by atoms with van der Waals surface area (Å²) in [6.07, 6.45) is 0. The Hall–Kier alpha value is -1.58. The monoisotopic (exact) mass is 265 g/mol. The van der Waals surface area contributed by atoms with Gasteiger partial charge in [-0.25, -0.2) is 4.39 Å². The molecule has 94 valence electrons. The number of hydrogen-bond donors (Lipinski definition) is 1. The maximum atomic E-state index is 13.0. The number of halogens is 2. The van der Waals surface area contributed by atoms with Crippen molar-refractivity contribution in [2.45, 2.75) is 13.2 Å². The van der Waals surface area contributed by atoms with Gasteiger partial charge in [-0.3, -0.25) is 0 Å². The van der Waals surface area contributed by atoms with Gasteiger partial charge in [0.15, 0.2) is 0 Å². The van der Waals surface area contributed by atoms with E-state index in [1.165, 1.54) is 12.1 Å². The molecular formula is C14H13ClFNO. The summed E-state index contributed by atoms with van der Waals surface area (Å²) in [7, 11) is 0. The number of rotatable bonds is 4. The van der Waals surface area contributed by atoms with E-state index in [-0.39, 0.29) is 12.4 Å². The van der Waals surface area contributed by atoms with Gasteiger partial charge in [-0.1, -0.05) is 29.8 Å². The standard InChI is InChI=1S/C14H13ClFNO/c15-13-7-10(8-17)4-5-14(13)18-9-11-2-1-3-12(16)6-11/h1-7H,8-9,17H2. The summed E-state index contributed by atoms with van der Waals surface area (Å²) in [5.41, 5.74) is 7.21. The Kier molecular flexibility index (Phi) is 4.18. The third kappa shape index (κ3) is 3.22. The van der Waals surface area contributed by atoms with Gasteiger partial charge in [-0.05, 0) is 35.4 Å². The molecule has 0 atom stereocenters. The minimum absolute atomic E-state index is 0.277. The molecule has 4 heteroatoms. The smallest absolute Gasteiger partial charge is 0.138 e. The number of hydrogen-bond acceptors (Lipinski definition) is 2. The summed E-state index contributed by atoms with van der Waals surface area (Å²) in [5, 5.41) is 0.509. The molecule has 2 aromatic rings. The molecule has 0 aromatic heterocycles. The van der Waals surface area contributed by atoms with E-state index in [0.717, 1.165) is 11.1 Å². The maximum Gasteiger partial charge on any atom is 0.138 e. The molecule has 18 heavy (non-hydrogen) atoms. The Morgan fingerprint density at radius 3 is 2.61 bits per heavy atom. The van der Waals surface area contributed by atoms with Crippen molar-refractivity contribution in [2.24, 2.45) is 5.73 Å². The van der Waals surface area contributed by atoms with Crippen LogP contribution in [0.4, 0.5) is 4.39 Å². The molecule has 0 unspecified atom stereocenters. The fraction of sp³-hybridized carbons (Fsp3) is 0.143. The van der Waals surface area contributed by atoms with E-state index >= 15 is 0 Å². The Balaban J connectivity index is 2.06. The topological polar surface area (TPSA) is 35.2 Å². The predicted molar refractivity (Wildman–Crippen MR) is 70.1 cm³/mol. The van der Waals surface area contributed by atoms with E-state index in [1.807, 2.05) is 6.07 Å². The minimum atomic E-state index is -0.277. The average Bonchev–Trinajstić information content (AvgIpc) is 2.37. The zero-order valence-electron chi connectivity index (χ0n) is 9.70. The van der Waals surface area contributed by atoms with Crippen molar-refractivity contribution in [2.75, 3.05) is 0 Å². The van der Waals surface area contributed by atoms with Crippen LogP contribution in [-0.2, 0) is 13.2 Å². The molecule has 0 aliphatic carbocycles.